The SMILES string of the molecule is CC1COc2ccccc2N1C(=O)C(Cl)Cl.Cc1ccc(NC(=O)NC(C)(C)c2ccccc2)cc1. The number of hydrogen-bond acceptors (Lipinski definition) is 3. The third-order valence-electron chi connectivity index (χ3n) is 5.70. The highest BCUT2D eigenvalue weighted by atomic mass is 35.5. The van der Waals surface area contributed by atoms with Crippen molar-refractivity contribution in [3.05, 3.63) is 90.0 Å². The fraction of sp³-hybridized carbons (Fsp3) is 0.286. The molecule has 36 heavy (non-hydrogen) atoms. The molecule has 8 heteroatoms. The fourth-order valence-electron chi connectivity index (χ4n) is 3.75. The smallest absolute Gasteiger partial charge is 0.319 e. The third-order valence-corrected chi connectivity index (χ3v) is 6.07. The van der Waals surface area contributed by atoms with Crippen molar-refractivity contribution in [3.8, 4) is 5.75 Å². The predicted octanol–water partition coefficient (Wildman–Crippen LogP) is 6.66. The van der Waals surface area contributed by atoms with Gasteiger partial charge in [-0.25, -0.2) is 4.79 Å². The molecule has 0 fully saturated rings. The van der Waals surface area contributed by atoms with Gasteiger partial charge in [0.25, 0.3) is 5.91 Å². The van der Waals surface area contributed by atoms with Gasteiger partial charge in [0.1, 0.15) is 12.4 Å². The number of anilines is 2. The number of fused-ring (bicyclic) bond motifs is 1. The van der Waals surface area contributed by atoms with E-state index in [-0.39, 0.29) is 18.0 Å². The summed E-state index contributed by atoms with van der Waals surface area (Å²) in [5.41, 5.74) is 3.32. The number of ether oxygens (including phenoxy) is 1. The molecule has 190 valence electrons. The summed E-state index contributed by atoms with van der Waals surface area (Å²) in [7, 11) is 0. The van der Waals surface area contributed by atoms with Gasteiger partial charge in [0.2, 0.25) is 0 Å². The second kappa shape index (κ2) is 12.2. The number of nitrogens with zero attached hydrogens (tertiary/aromatic N) is 1. The van der Waals surface area contributed by atoms with Crippen molar-refractivity contribution >= 4 is 46.5 Å². The number of aryl methyl sites for hydroxylation is 1. The van der Waals surface area contributed by atoms with Gasteiger partial charge in [0, 0.05) is 5.69 Å². The van der Waals surface area contributed by atoms with E-state index in [1.807, 2.05) is 107 Å². The van der Waals surface area contributed by atoms with Gasteiger partial charge in [-0.2, -0.15) is 0 Å². The quantitative estimate of drug-likeness (QED) is 0.372. The minimum atomic E-state index is -1.05. The van der Waals surface area contributed by atoms with E-state index in [9.17, 15) is 9.59 Å². The molecule has 1 heterocycles. The van der Waals surface area contributed by atoms with Crippen LogP contribution in [0.1, 0.15) is 31.9 Å². The van der Waals surface area contributed by atoms with Crippen molar-refractivity contribution in [2.24, 2.45) is 0 Å². The standard InChI is InChI=1S/C17H20N2O.C11H11Cl2NO2/c1-13-9-11-15(12-10-13)18-16(20)19-17(2,3)14-7-5-4-6-8-14;1-7-6-16-9-5-3-2-4-8(9)14(7)11(15)10(12)13/h4-12H,1-3H3,(H2,18,19,20);2-5,7,10H,6H2,1H3. The molecular weight excluding hydrogens is 497 g/mol. The molecule has 0 spiro atoms. The normalized spacial score (nSPS) is 14.6. The molecule has 0 aromatic heterocycles. The summed E-state index contributed by atoms with van der Waals surface area (Å²) < 4.78 is 5.52. The van der Waals surface area contributed by atoms with Crippen LogP contribution in [0, 0.1) is 6.92 Å². The number of amides is 3. The van der Waals surface area contributed by atoms with Gasteiger partial charge in [0.05, 0.1) is 17.3 Å². The maximum Gasteiger partial charge on any atom is 0.319 e. The second-order valence-electron chi connectivity index (χ2n) is 9.07. The molecular formula is C28H31Cl2N3O3. The number of para-hydroxylation sites is 2. The van der Waals surface area contributed by atoms with Crippen LogP contribution < -0.4 is 20.3 Å². The van der Waals surface area contributed by atoms with Crippen molar-refractivity contribution < 1.29 is 14.3 Å². The molecule has 6 nitrogen and oxygen atoms in total. The highest BCUT2D eigenvalue weighted by molar-refractivity contribution is 6.54. The molecule has 0 saturated carbocycles. The Kier molecular flexibility index (Phi) is 9.24. The summed E-state index contributed by atoms with van der Waals surface area (Å²) in [5.74, 6) is 0.370. The first-order valence-electron chi connectivity index (χ1n) is 11.6. The first-order chi connectivity index (χ1) is 17.1. The maximum absolute atomic E-state index is 12.1. The van der Waals surface area contributed by atoms with Gasteiger partial charge in [-0.15, -0.1) is 0 Å². The Morgan fingerprint density at radius 3 is 2.22 bits per heavy atom. The molecule has 2 N–H and O–H groups in total. The van der Waals surface area contributed by atoms with Gasteiger partial charge in [-0.05, 0) is 57.5 Å². The summed E-state index contributed by atoms with van der Waals surface area (Å²) in [6.45, 7) is 8.32. The Bertz CT molecular complexity index is 1170. The number of carbonyl (C=O) groups is 2. The molecule has 0 bridgehead atoms. The van der Waals surface area contributed by atoms with Crippen LogP contribution in [0.3, 0.4) is 0 Å². The van der Waals surface area contributed by atoms with Crippen LogP contribution in [-0.4, -0.2) is 29.4 Å². The molecule has 1 unspecified atom stereocenters. The van der Waals surface area contributed by atoms with Crippen LogP contribution in [0.4, 0.5) is 16.2 Å². The second-order valence-corrected chi connectivity index (χ2v) is 10.2. The van der Waals surface area contributed by atoms with Gasteiger partial charge in [0.15, 0.2) is 4.84 Å². The molecule has 0 radical (unpaired) electrons. The highest BCUT2D eigenvalue weighted by Crippen LogP contribution is 2.34. The first-order valence-corrected chi connectivity index (χ1v) is 12.5. The first kappa shape index (κ1) is 27.4. The van der Waals surface area contributed by atoms with E-state index < -0.39 is 10.4 Å². The lowest BCUT2D eigenvalue weighted by Gasteiger charge is -2.35. The van der Waals surface area contributed by atoms with Crippen molar-refractivity contribution in [1.29, 1.82) is 0 Å². The summed E-state index contributed by atoms with van der Waals surface area (Å²) in [6, 6.07) is 24.7. The Morgan fingerprint density at radius 2 is 1.58 bits per heavy atom. The van der Waals surface area contributed by atoms with E-state index in [1.165, 1.54) is 5.56 Å². The third kappa shape index (κ3) is 7.15. The topological polar surface area (TPSA) is 70.7 Å². The number of nitrogens with one attached hydrogen (secondary N) is 2. The summed E-state index contributed by atoms with van der Waals surface area (Å²) >= 11 is 11.3. The minimum Gasteiger partial charge on any atom is -0.489 e. The zero-order valence-electron chi connectivity index (χ0n) is 20.8. The predicted molar refractivity (Wildman–Crippen MR) is 147 cm³/mol. The monoisotopic (exact) mass is 527 g/mol. The Labute approximate surface area is 222 Å². The average Bonchev–Trinajstić information content (AvgIpc) is 2.85. The van der Waals surface area contributed by atoms with Gasteiger partial charge < -0.3 is 20.3 Å². The van der Waals surface area contributed by atoms with Crippen molar-refractivity contribution in [3.63, 3.8) is 0 Å². The fourth-order valence-corrected chi connectivity index (χ4v) is 3.96. The van der Waals surface area contributed by atoms with Crippen LogP contribution in [0.15, 0.2) is 78.9 Å². The number of urea groups is 1. The number of alkyl halides is 2. The number of rotatable bonds is 4. The average molecular weight is 528 g/mol. The molecule has 4 rings (SSSR count). The van der Waals surface area contributed by atoms with Crippen molar-refractivity contribution in [1.82, 2.24) is 5.32 Å². The van der Waals surface area contributed by atoms with E-state index >= 15 is 0 Å². The van der Waals surface area contributed by atoms with Crippen LogP contribution >= 0.6 is 23.2 Å². The highest BCUT2D eigenvalue weighted by Gasteiger charge is 2.32. The lowest BCUT2D eigenvalue weighted by atomic mass is 9.95. The maximum atomic E-state index is 12.1. The lowest BCUT2D eigenvalue weighted by Crippen LogP contribution is -2.47. The molecule has 1 aliphatic rings. The summed E-state index contributed by atoms with van der Waals surface area (Å²) in [5, 5.41) is 5.83. The van der Waals surface area contributed by atoms with E-state index in [0.29, 0.717) is 12.4 Å². The zero-order chi connectivity index (χ0) is 26.3. The molecule has 1 aliphatic heterocycles. The van der Waals surface area contributed by atoms with Crippen LogP contribution in [-0.2, 0) is 10.3 Å². The summed E-state index contributed by atoms with van der Waals surface area (Å²) in [6.07, 6.45) is 0. The van der Waals surface area contributed by atoms with Crippen molar-refractivity contribution in [2.45, 2.75) is 44.1 Å². The van der Waals surface area contributed by atoms with E-state index in [4.69, 9.17) is 27.9 Å². The Balaban J connectivity index is 0.000000205. The lowest BCUT2D eigenvalue weighted by molar-refractivity contribution is -0.117. The minimum absolute atomic E-state index is 0.0672. The van der Waals surface area contributed by atoms with Crippen LogP contribution in [0.2, 0.25) is 0 Å². The zero-order valence-corrected chi connectivity index (χ0v) is 22.3. The number of carbonyl (C=O) groups excluding carboxylic acids is 2. The van der Waals surface area contributed by atoms with Crippen LogP contribution in [0.25, 0.3) is 0 Å². The van der Waals surface area contributed by atoms with Crippen molar-refractivity contribution in [2.75, 3.05) is 16.8 Å². The van der Waals surface area contributed by atoms with E-state index in [2.05, 4.69) is 10.6 Å². The molecule has 3 aromatic carbocycles. The van der Waals surface area contributed by atoms with Gasteiger partial charge in [-0.1, -0.05) is 83.4 Å². The molecule has 0 aliphatic carbocycles. The summed E-state index contributed by atoms with van der Waals surface area (Å²) in [4.78, 5) is 24.5. The number of halogens is 2. The van der Waals surface area contributed by atoms with Crippen LogP contribution in [0.5, 0.6) is 5.75 Å². The molecule has 1 atom stereocenters. The Morgan fingerprint density at radius 1 is 0.972 bits per heavy atom. The van der Waals surface area contributed by atoms with Gasteiger partial charge >= 0.3 is 6.03 Å². The Hall–Kier alpha value is -3.22. The molecule has 0 saturated heterocycles. The van der Waals surface area contributed by atoms with Gasteiger partial charge in [-0.3, -0.25) is 4.79 Å². The van der Waals surface area contributed by atoms with E-state index in [0.717, 1.165) is 16.9 Å². The number of benzene rings is 3. The van der Waals surface area contributed by atoms with E-state index in [1.54, 1.807) is 4.90 Å². The molecule has 3 amide bonds. The largest absolute Gasteiger partial charge is 0.489 e. The number of hydrogen-bond donors (Lipinski definition) is 2. The molecule has 3 aromatic rings.